The van der Waals surface area contributed by atoms with Crippen molar-refractivity contribution in [2.45, 2.75) is 26.0 Å². The minimum absolute atomic E-state index is 0.00401. The van der Waals surface area contributed by atoms with Gasteiger partial charge < -0.3 is 23.9 Å². The van der Waals surface area contributed by atoms with Gasteiger partial charge in [0.15, 0.2) is 0 Å². The molecule has 7 nitrogen and oxygen atoms in total. The highest BCUT2D eigenvalue weighted by molar-refractivity contribution is 6.46. The van der Waals surface area contributed by atoms with Crippen LogP contribution in [0.4, 0.5) is 0 Å². The largest absolute Gasteiger partial charge is 0.507 e. The summed E-state index contributed by atoms with van der Waals surface area (Å²) in [7, 11) is 1.51. The van der Waals surface area contributed by atoms with Crippen molar-refractivity contribution < 1.29 is 28.6 Å². The Balaban J connectivity index is 2.04. The molecule has 1 unspecified atom stereocenters. The molecular formula is C21H23NO6. The van der Waals surface area contributed by atoms with Crippen LogP contribution in [0.2, 0.25) is 0 Å². The molecule has 2 aromatic rings. The van der Waals surface area contributed by atoms with Crippen LogP contribution in [0.5, 0.6) is 5.75 Å². The summed E-state index contributed by atoms with van der Waals surface area (Å²) in [5.41, 5.74) is 0.366. The van der Waals surface area contributed by atoms with E-state index in [1.807, 2.05) is 13.8 Å². The number of benzene rings is 1. The number of rotatable bonds is 7. The first-order chi connectivity index (χ1) is 13.4. The summed E-state index contributed by atoms with van der Waals surface area (Å²) >= 11 is 0. The minimum atomic E-state index is -0.822. The second kappa shape index (κ2) is 8.31. The first kappa shape index (κ1) is 19.7. The van der Waals surface area contributed by atoms with Crippen molar-refractivity contribution in [1.82, 2.24) is 4.90 Å². The summed E-state index contributed by atoms with van der Waals surface area (Å²) in [6.07, 6.45) is 1.46. The van der Waals surface area contributed by atoms with Gasteiger partial charge in [0.1, 0.15) is 23.3 Å². The molecule has 0 saturated carbocycles. The van der Waals surface area contributed by atoms with Gasteiger partial charge in [-0.1, -0.05) is 12.1 Å². The molecule has 7 heteroatoms. The molecule has 28 heavy (non-hydrogen) atoms. The molecule has 3 rings (SSSR count). The van der Waals surface area contributed by atoms with Gasteiger partial charge in [-0.2, -0.15) is 0 Å². The predicted molar refractivity (Wildman–Crippen MR) is 102 cm³/mol. The molecule has 1 N–H and O–H groups in total. The van der Waals surface area contributed by atoms with Crippen LogP contribution >= 0.6 is 0 Å². The zero-order valence-electron chi connectivity index (χ0n) is 16.0. The summed E-state index contributed by atoms with van der Waals surface area (Å²) in [6, 6.07) is 9.19. The van der Waals surface area contributed by atoms with Crippen molar-refractivity contribution >= 4 is 17.4 Å². The third-order valence-corrected chi connectivity index (χ3v) is 4.48. The molecule has 148 valence electrons. The zero-order chi connectivity index (χ0) is 20.3. The molecule has 1 aromatic heterocycles. The molecule has 1 aliphatic rings. The fraction of sp³-hybridized carbons (Fsp3) is 0.333. The Morgan fingerprint density at radius 1 is 1.25 bits per heavy atom. The molecule has 1 saturated heterocycles. The number of carbonyl (C=O) groups excluding carboxylic acids is 2. The molecule has 0 aliphatic carbocycles. The van der Waals surface area contributed by atoms with Gasteiger partial charge in [-0.15, -0.1) is 0 Å². The van der Waals surface area contributed by atoms with E-state index in [-0.39, 0.29) is 30.6 Å². The summed E-state index contributed by atoms with van der Waals surface area (Å²) < 4.78 is 16.2. The summed E-state index contributed by atoms with van der Waals surface area (Å²) in [6.45, 7) is 4.24. The summed E-state index contributed by atoms with van der Waals surface area (Å²) in [5.74, 6) is -0.804. The number of hydrogen-bond donors (Lipinski definition) is 1. The number of likely N-dealkylation sites (tertiary alicyclic amines) is 1. The van der Waals surface area contributed by atoms with Crippen LogP contribution in [0.15, 0.2) is 52.7 Å². The number of aliphatic hydroxyl groups is 1. The van der Waals surface area contributed by atoms with E-state index in [0.717, 1.165) is 0 Å². The number of hydrogen-bond acceptors (Lipinski definition) is 6. The average Bonchev–Trinajstić information content (AvgIpc) is 3.29. The maximum atomic E-state index is 12.8. The minimum Gasteiger partial charge on any atom is -0.507 e. The van der Waals surface area contributed by atoms with Crippen molar-refractivity contribution in [3.8, 4) is 5.75 Å². The number of furan rings is 1. The first-order valence-electron chi connectivity index (χ1n) is 9.02. The van der Waals surface area contributed by atoms with E-state index < -0.39 is 17.7 Å². The number of methoxy groups -OCH3 is 1. The van der Waals surface area contributed by atoms with E-state index >= 15 is 0 Å². The number of Topliss-reactive ketones (excluding diaryl/α,β-unsaturated/α-hetero) is 1. The molecule has 2 heterocycles. The predicted octanol–water partition coefficient (Wildman–Crippen LogP) is 3.13. The lowest BCUT2D eigenvalue weighted by Gasteiger charge is -2.23. The normalized spacial score (nSPS) is 18.9. The van der Waals surface area contributed by atoms with Gasteiger partial charge in [-0.05, 0) is 38.1 Å². The van der Waals surface area contributed by atoms with E-state index in [0.29, 0.717) is 17.1 Å². The van der Waals surface area contributed by atoms with Crippen LogP contribution in [0.1, 0.15) is 31.2 Å². The number of amides is 1. The third-order valence-electron chi connectivity index (χ3n) is 4.48. The highest BCUT2D eigenvalue weighted by Gasteiger charge is 2.47. The van der Waals surface area contributed by atoms with Gasteiger partial charge in [-0.25, -0.2) is 0 Å². The van der Waals surface area contributed by atoms with Crippen LogP contribution in [0.25, 0.3) is 5.76 Å². The third kappa shape index (κ3) is 3.80. The van der Waals surface area contributed by atoms with Crippen molar-refractivity contribution in [3.63, 3.8) is 0 Å². The van der Waals surface area contributed by atoms with Gasteiger partial charge >= 0.3 is 0 Å². The SMILES string of the molecule is COc1cccc(/C(O)=C2/C(=O)C(=O)N(CCOC(C)C)C2c2ccco2)c1. The maximum Gasteiger partial charge on any atom is 0.295 e. The Kier molecular flexibility index (Phi) is 5.84. The standard InChI is InChI=1S/C21H23NO6/c1-13(2)27-11-9-22-18(16-8-5-10-28-16)17(20(24)21(22)25)19(23)14-6-4-7-15(12-14)26-3/h4-8,10,12-13,18,23H,9,11H2,1-3H3/b19-17-. The van der Waals surface area contributed by atoms with E-state index in [4.69, 9.17) is 13.9 Å². The van der Waals surface area contributed by atoms with E-state index in [9.17, 15) is 14.7 Å². The van der Waals surface area contributed by atoms with Gasteiger partial charge in [0.25, 0.3) is 11.7 Å². The number of aliphatic hydroxyl groups excluding tert-OH is 1. The van der Waals surface area contributed by atoms with Crippen molar-refractivity contribution in [1.29, 1.82) is 0 Å². The molecule has 1 aliphatic heterocycles. The van der Waals surface area contributed by atoms with Crippen molar-refractivity contribution in [2.24, 2.45) is 0 Å². The summed E-state index contributed by atoms with van der Waals surface area (Å²) in [5, 5.41) is 10.9. The Bertz CT molecular complexity index is 884. The van der Waals surface area contributed by atoms with Crippen molar-refractivity contribution in [2.75, 3.05) is 20.3 Å². The van der Waals surface area contributed by atoms with Crippen LogP contribution in [-0.4, -0.2) is 48.1 Å². The lowest BCUT2D eigenvalue weighted by atomic mass is 9.99. The van der Waals surface area contributed by atoms with E-state index in [1.54, 1.807) is 36.4 Å². The molecule has 0 spiro atoms. The van der Waals surface area contributed by atoms with Crippen LogP contribution < -0.4 is 4.74 Å². The Morgan fingerprint density at radius 2 is 2.04 bits per heavy atom. The Morgan fingerprint density at radius 3 is 2.68 bits per heavy atom. The smallest absolute Gasteiger partial charge is 0.295 e. The van der Waals surface area contributed by atoms with E-state index in [1.165, 1.54) is 18.3 Å². The number of carbonyl (C=O) groups is 2. The van der Waals surface area contributed by atoms with Crippen LogP contribution in [0.3, 0.4) is 0 Å². The Hall–Kier alpha value is -3.06. The quantitative estimate of drug-likeness (QED) is 0.447. The molecule has 1 aromatic carbocycles. The number of ether oxygens (including phenoxy) is 2. The second-order valence-corrected chi connectivity index (χ2v) is 6.66. The summed E-state index contributed by atoms with van der Waals surface area (Å²) in [4.78, 5) is 26.8. The molecule has 1 atom stereocenters. The molecule has 1 fully saturated rings. The Labute approximate surface area is 163 Å². The van der Waals surface area contributed by atoms with Crippen molar-refractivity contribution in [3.05, 3.63) is 59.6 Å². The zero-order valence-corrected chi connectivity index (χ0v) is 16.0. The molecule has 0 bridgehead atoms. The second-order valence-electron chi connectivity index (χ2n) is 6.66. The molecule has 0 radical (unpaired) electrons. The van der Waals surface area contributed by atoms with Gasteiger partial charge in [0.05, 0.1) is 31.7 Å². The van der Waals surface area contributed by atoms with Gasteiger partial charge in [0, 0.05) is 12.1 Å². The van der Waals surface area contributed by atoms with E-state index in [2.05, 4.69) is 0 Å². The lowest BCUT2D eigenvalue weighted by molar-refractivity contribution is -0.140. The number of ketones is 1. The fourth-order valence-electron chi connectivity index (χ4n) is 3.17. The highest BCUT2D eigenvalue weighted by Crippen LogP contribution is 2.39. The fourth-order valence-corrected chi connectivity index (χ4v) is 3.17. The average molecular weight is 385 g/mol. The molecule has 1 amide bonds. The van der Waals surface area contributed by atoms with Gasteiger partial charge in [0.2, 0.25) is 0 Å². The highest BCUT2D eigenvalue weighted by atomic mass is 16.5. The van der Waals surface area contributed by atoms with Crippen LogP contribution in [0, 0.1) is 0 Å². The van der Waals surface area contributed by atoms with Gasteiger partial charge in [-0.3, -0.25) is 9.59 Å². The first-order valence-corrected chi connectivity index (χ1v) is 9.02. The number of nitrogens with zero attached hydrogens (tertiary/aromatic N) is 1. The lowest BCUT2D eigenvalue weighted by Crippen LogP contribution is -2.33. The maximum absolute atomic E-state index is 12.8. The van der Waals surface area contributed by atoms with Crippen LogP contribution in [-0.2, 0) is 14.3 Å². The molecular weight excluding hydrogens is 362 g/mol. The topological polar surface area (TPSA) is 89.2 Å². The monoisotopic (exact) mass is 385 g/mol.